The molecule has 0 saturated carbocycles. The highest BCUT2D eigenvalue weighted by Crippen LogP contribution is 2.27. The summed E-state index contributed by atoms with van der Waals surface area (Å²) in [5.74, 6) is 0.778. The Kier molecular flexibility index (Phi) is 10.2. The Balaban J connectivity index is 1.93. The molecule has 5 heteroatoms. The molecule has 0 unspecified atom stereocenters. The van der Waals surface area contributed by atoms with Gasteiger partial charge in [0.25, 0.3) is 5.91 Å². The van der Waals surface area contributed by atoms with Crippen LogP contribution in [0.15, 0.2) is 18.2 Å². The monoisotopic (exact) mass is 415 g/mol. The van der Waals surface area contributed by atoms with Crippen molar-refractivity contribution < 1.29 is 9.59 Å². The summed E-state index contributed by atoms with van der Waals surface area (Å²) in [6.45, 7) is 6.08. The van der Waals surface area contributed by atoms with E-state index in [9.17, 15) is 9.59 Å². The number of rotatable bonds is 11. The fourth-order valence-electron chi connectivity index (χ4n) is 4.02. The first-order valence-corrected chi connectivity index (χ1v) is 11.8. The van der Waals surface area contributed by atoms with Gasteiger partial charge in [-0.05, 0) is 43.4 Å². The minimum absolute atomic E-state index is 0.0337. The van der Waals surface area contributed by atoms with Crippen molar-refractivity contribution in [3.05, 3.63) is 23.8 Å². The molecule has 30 heavy (non-hydrogen) atoms. The zero-order chi connectivity index (χ0) is 21.9. The molecule has 1 aromatic rings. The molecule has 1 aliphatic heterocycles. The molecule has 1 aromatic carbocycles. The van der Waals surface area contributed by atoms with Crippen molar-refractivity contribution in [2.45, 2.75) is 78.1 Å². The van der Waals surface area contributed by atoms with Gasteiger partial charge in [-0.15, -0.1) is 0 Å². The molecule has 1 saturated heterocycles. The summed E-state index contributed by atoms with van der Waals surface area (Å²) in [6, 6.07) is 5.68. The maximum atomic E-state index is 13.2. The Labute approximate surface area is 183 Å². The van der Waals surface area contributed by atoms with E-state index in [1.54, 1.807) is 0 Å². The van der Waals surface area contributed by atoms with Crippen LogP contribution < -0.4 is 10.2 Å². The fraction of sp³-hybridized carbons (Fsp3) is 0.680. The van der Waals surface area contributed by atoms with Gasteiger partial charge in [-0.1, -0.05) is 52.4 Å². The van der Waals surface area contributed by atoms with Crippen LogP contribution in [0.5, 0.6) is 0 Å². The number of hydrogen-bond acceptors (Lipinski definition) is 3. The van der Waals surface area contributed by atoms with Gasteiger partial charge in [0.1, 0.15) is 0 Å². The minimum atomic E-state index is 0.0337. The van der Waals surface area contributed by atoms with E-state index in [2.05, 4.69) is 19.2 Å². The predicted octanol–water partition coefficient (Wildman–Crippen LogP) is 5.70. The average Bonchev–Trinajstić information content (AvgIpc) is 2.73. The first-order chi connectivity index (χ1) is 14.4. The molecule has 2 rings (SSSR count). The van der Waals surface area contributed by atoms with Crippen molar-refractivity contribution in [1.29, 1.82) is 0 Å². The Morgan fingerprint density at radius 3 is 2.30 bits per heavy atom. The molecule has 168 valence electrons. The molecule has 1 fully saturated rings. The highest BCUT2D eigenvalue weighted by atomic mass is 16.2. The number of nitrogens with one attached hydrogen (secondary N) is 1. The summed E-state index contributed by atoms with van der Waals surface area (Å²) in [5.41, 5.74) is 2.27. The van der Waals surface area contributed by atoms with Crippen LogP contribution in [0.3, 0.4) is 0 Å². The van der Waals surface area contributed by atoms with Gasteiger partial charge < -0.3 is 15.1 Å². The molecule has 1 heterocycles. The summed E-state index contributed by atoms with van der Waals surface area (Å²) >= 11 is 0. The standard InChI is InChI=1S/C25H41N3O2/c1-5-6-7-8-9-10-11-12-24(29)26-21-13-14-23(27(3)4)22(19-21)25(30)28-17-15-20(2)16-18-28/h13-14,19-20H,5-12,15-18H2,1-4H3,(H,26,29). The van der Waals surface area contributed by atoms with Crippen molar-refractivity contribution >= 4 is 23.2 Å². The van der Waals surface area contributed by atoms with Gasteiger partial charge in [0.05, 0.1) is 5.56 Å². The van der Waals surface area contributed by atoms with Gasteiger partial charge in [-0.25, -0.2) is 0 Å². The summed E-state index contributed by atoms with van der Waals surface area (Å²) in [6.07, 6.45) is 11.0. The Morgan fingerprint density at radius 2 is 1.67 bits per heavy atom. The third-order valence-electron chi connectivity index (χ3n) is 6.07. The number of hydrogen-bond donors (Lipinski definition) is 1. The lowest BCUT2D eigenvalue weighted by Gasteiger charge is -2.31. The SMILES string of the molecule is CCCCCCCCCC(=O)Nc1ccc(N(C)C)c(C(=O)N2CCC(C)CC2)c1. The first kappa shape index (κ1) is 24.2. The topological polar surface area (TPSA) is 52.7 Å². The number of likely N-dealkylation sites (tertiary alicyclic amines) is 1. The lowest BCUT2D eigenvalue weighted by molar-refractivity contribution is -0.116. The zero-order valence-corrected chi connectivity index (χ0v) is 19.5. The van der Waals surface area contributed by atoms with Gasteiger partial charge >= 0.3 is 0 Å². The number of carbonyl (C=O) groups excluding carboxylic acids is 2. The van der Waals surface area contributed by atoms with Gasteiger partial charge in [-0.3, -0.25) is 9.59 Å². The van der Waals surface area contributed by atoms with E-state index in [1.807, 2.05) is 42.1 Å². The molecular formula is C25H41N3O2. The third-order valence-corrected chi connectivity index (χ3v) is 6.07. The lowest BCUT2D eigenvalue weighted by atomic mass is 9.98. The number of amides is 2. The van der Waals surface area contributed by atoms with Crippen molar-refractivity contribution in [2.24, 2.45) is 5.92 Å². The Morgan fingerprint density at radius 1 is 1.03 bits per heavy atom. The molecule has 1 aliphatic rings. The van der Waals surface area contributed by atoms with Crippen molar-refractivity contribution in [2.75, 3.05) is 37.4 Å². The van der Waals surface area contributed by atoms with Crippen LogP contribution in [0, 0.1) is 5.92 Å². The summed E-state index contributed by atoms with van der Waals surface area (Å²) in [4.78, 5) is 29.5. The van der Waals surface area contributed by atoms with Crippen LogP contribution in [-0.2, 0) is 4.79 Å². The van der Waals surface area contributed by atoms with E-state index in [0.29, 0.717) is 23.6 Å². The first-order valence-electron chi connectivity index (χ1n) is 11.8. The van der Waals surface area contributed by atoms with E-state index in [1.165, 1.54) is 32.1 Å². The van der Waals surface area contributed by atoms with Gasteiger partial charge in [-0.2, -0.15) is 0 Å². The van der Waals surface area contributed by atoms with E-state index in [4.69, 9.17) is 0 Å². The van der Waals surface area contributed by atoms with Crippen molar-refractivity contribution in [1.82, 2.24) is 4.90 Å². The highest BCUT2D eigenvalue weighted by Gasteiger charge is 2.24. The summed E-state index contributed by atoms with van der Waals surface area (Å²) in [7, 11) is 3.90. The number of piperidine rings is 1. The minimum Gasteiger partial charge on any atom is -0.377 e. The molecular weight excluding hydrogens is 374 g/mol. The molecule has 0 bridgehead atoms. The van der Waals surface area contributed by atoms with Crippen molar-refractivity contribution in [3.63, 3.8) is 0 Å². The Hall–Kier alpha value is -2.04. The molecule has 1 N–H and O–H groups in total. The molecule has 0 aromatic heterocycles. The number of nitrogens with zero attached hydrogens (tertiary/aromatic N) is 2. The number of carbonyl (C=O) groups is 2. The van der Waals surface area contributed by atoms with Gasteiger partial charge in [0.2, 0.25) is 5.91 Å². The smallest absolute Gasteiger partial charge is 0.256 e. The number of unbranched alkanes of at least 4 members (excludes halogenated alkanes) is 6. The lowest BCUT2D eigenvalue weighted by Crippen LogP contribution is -2.38. The fourth-order valence-corrected chi connectivity index (χ4v) is 4.02. The number of benzene rings is 1. The van der Waals surface area contributed by atoms with E-state index < -0.39 is 0 Å². The maximum Gasteiger partial charge on any atom is 0.256 e. The average molecular weight is 416 g/mol. The van der Waals surface area contributed by atoms with Gasteiger partial charge in [0, 0.05) is 45.0 Å². The second kappa shape index (κ2) is 12.6. The molecule has 0 atom stereocenters. The van der Waals surface area contributed by atoms with Crippen LogP contribution >= 0.6 is 0 Å². The quantitative estimate of drug-likeness (QED) is 0.471. The molecule has 0 aliphatic carbocycles. The number of anilines is 2. The van der Waals surface area contributed by atoms with Crippen LogP contribution in [0.2, 0.25) is 0 Å². The zero-order valence-electron chi connectivity index (χ0n) is 19.5. The maximum absolute atomic E-state index is 13.2. The normalized spacial score (nSPS) is 14.6. The Bertz CT molecular complexity index is 679. The van der Waals surface area contributed by atoms with E-state index in [0.717, 1.165) is 44.5 Å². The highest BCUT2D eigenvalue weighted by molar-refractivity contribution is 6.02. The summed E-state index contributed by atoms with van der Waals surface area (Å²) in [5, 5.41) is 3.00. The van der Waals surface area contributed by atoms with Crippen molar-refractivity contribution in [3.8, 4) is 0 Å². The largest absolute Gasteiger partial charge is 0.377 e. The third kappa shape index (κ3) is 7.66. The molecule has 2 amide bonds. The van der Waals surface area contributed by atoms with Crippen LogP contribution in [0.25, 0.3) is 0 Å². The van der Waals surface area contributed by atoms with Crippen LogP contribution in [0.1, 0.15) is 88.4 Å². The van der Waals surface area contributed by atoms with Gasteiger partial charge in [0.15, 0.2) is 0 Å². The molecule has 0 radical (unpaired) electrons. The second-order valence-corrected chi connectivity index (χ2v) is 9.02. The van der Waals surface area contributed by atoms with E-state index in [-0.39, 0.29) is 11.8 Å². The van der Waals surface area contributed by atoms with E-state index >= 15 is 0 Å². The predicted molar refractivity (Wildman–Crippen MR) is 126 cm³/mol. The second-order valence-electron chi connectivity index (χ2n) is 9.02. The van der Waals surface area contributed by atoms with Crippen LogP contribution in [-0.4, -0.2) is 43.9 Å². The molecule has 5 nitrogen and oxygen atoms in total. The van der Waals surface area contributed by atoms with Crippen LogP contribution in [0.4, 0.5) is 11.4 Å². The summed E-state index contributed by atoms with van der Waals surface area (Å²) < 4.78 is 0. The molecule has 0 spiro atoms.